The first-order chi connectivity index (χ1) is 15.2. The zero-order valence-corrected chi connectivity index (χ0v) is 19.8. The van der Waals surface area contributed by atoms with Gasteiger partial charge in [0.05, 0.1) is 23.1 Å². The molecule has 0 aliphatic carbocycles. The van der Waals surface area contributed by atoms with Crippen LogP contribution in [-0.2, 0) is 4.74 Å². The Hall–Kier alpha value is -2.54. The van der Waals surface area contributed by atoms with Gasteiger partial charge in [-0.1, -0.05) is 17.7 Å². The molecular formula is C24H31ClN4O3. The fourth-order valence-corrected chi connectivity index (χ4v) is 4.67. The maximum Gasteiger partial charge on any atom is 0.410 e. The van der Waals surface area contributed by atoms with Gasteiger partial charge in [0.15, 0.2) is 0 Å². The summed E-state index contributed by atoms with van der Waals surface area (Å²) in [6.07, 6.45) is 4.97. The van der Waals surface area contributed by atoms with E-state index in [1.54, 1.807) is 11.1 Å². The van der Waals surface area contributed by atoms with E-state index < -0.39 is 5.60 Å². The highest BCUT2D eigenvalue weighted by Gasteiger charge is 2.33. The highest BCUT2D eigenvalue weighted by atomic mass is 35.5. The minimum Gasteiger partial charge on any atom is -0.444 e. The third-order valence-corrected chi connectivity index (χ3v) is 6.25. The molecule has 7 nitrogen and oxygen atoms in total. The second kappa shape index (κ2) is 9.14. The van der Waals surface area contributed by atoms with E-state index in [0.717, 1.165) is 50.2 Å². The number of carbonyl (C=O) groups is 2. The molecule has 1 aromatic heterocycles. The first kappa shape index (κ1) is 22.6. The van der Waals surface area contributed by atoms with Gasteiger partial charge in [0.1, 0.15) is 5.60 Å². The van der Waals surface area contributed by atoms with Crippen molar-refractivity contribution in [1.29, 1.82) is 0 Å². The first-order valence-electron chi connectivity index (χ1n) is 11.3. The number of nitrogens with zero attached hydrogens (tertiary/aromatic N) is 4. The summed E-state index contributed by atoms with van der Waals surface area (Å²) < 4.78 is 7.38. The topological polar surface area (TPSA) is 67.7 Å². The maximum absolute atomic E-state index is 13.3. The third-order valence-electron chi connectivity index (χ3n) is 6.02. The third kappa shape index (κ3) is 4.93. The molecule has 2 aromatic rings. The Kier molecular flexibility index (Phi) is 6.47. The second-order valence-electron chi connectivity index (χ2n) is 9.58. The Morgan fingerprint density at radius 3 is 2.38 bits per heavy atom. The van der Waals surface area contributed by atoms with Crippen molar-refractivity contribution in [2.45, 2.75) is 58.0 Å². The summed E-state index contributed by atoms with van der Waals surface area (Å²) >= 11 is 6.24. The molecule has 32 heavy (non-hydrogen) atoms. The van der Waals surface area contributed by atoms with Crippen molar-refractivity contribution in [2.24, 2.45) is 0 Å². The van der Waals surface area contributed by atoms with Crippen LogP contribution in [0.4, 0.5) is 4.79 Å². The molecule has 4 rings (SSSR count). The summed E-state index contributed by atoms with van der Waals surface area (Å²) in [6.45, 7) is 8.36. The molecule has 0 N–H and O–H groups in total. The lowest BCUT2D eigenvalue weighted by Gasteiger charge is -2.34. The average molecular weight is 459 g/mol. The lowest BCUT2D eigenvalue weighted by atomic mass is 9.90. The van der Waals surface area contributed by atoms with Crippen LogP contribution in [0.1, 0.15) is 68.4 Å². The number of hydrogen-bond acceptors (Lipinski definition) is 4. The molecule has 2 saturated heterocycles. The number of amides is 2. The molecule has 1 aromatic carbocycles. The fraction of sp³-hybridized carbons (Fsp3) is 0.542. The molecule has 0 bridgehead atoms. The molecule has 0 unspecified atom stereocenters. The van der Waals surface area contributed by atoms with Crippen LogP contribution in [0.15, 0.2) is 30.5 Å². The summed E-state index contributed by atoms with van der Waals surface area (Å²) in [5, 5.41) is 5.22. The molecule has 172 valence electrons. The SMILES string of the molecule is CC(C)(C)OC(=O)N1CCC(c2c(C(=O)N3CCCC3)cnn2-c2cccc(Cl)c2)CC1. The van der Waals surface area contributed by atoms with Gasteiger partial charge in [-0.2, -0.15) is 5.10 Å². The summed E-state index contributed by atoms with van der Waals surface area (Å²) in [5.41, 5.74) is 1.88. The number of likely N-dealkylation sites (tertiary alicyclic amines) is 2. The van der Waals surface area contributed by atoms with Crippen molar-refractivity contribution in [3.63, 3.8) is 0 Å². The Morgan fingerprint density at radius 2 is 1.75 bits per heavy atom. The van der Waals surface area contributed by atoms with Crippen molar-refractivity contribution in [2.75, 3.05) is 26.2 Å². The van der Waals surface area contributed by atoms with Crippen molar-refractivity contribution in [1.82, 2.24) is 19.6 Å². The first-order valence-corrected chi connectivity index (χ1v) is 11.7. The van der Waals surface area contributed by atoms with Crippen LogP contribution >= 0.6 is 11.6 Å². The summed E-state index contributed by atoms with van der Waals surface area (Å²) in [5.74, 6) is 0.150. The summed E-state index contributed by atoms with van der Waals surface area (Å²) in [7, 11) is 0. The summed E-state index contributed by atoms with van der Waals surface area (Å²) in [4.78, 5) is 29.5. The van der Waals surface area contributed by atoms with Gasteiger partial charge in [0.25, 0.3) is 5.91 Å². The molecule has 2 aliphatic rings. The number of aromatic nitrogens is 2. The van der Waals surface area contributed by atoms with Gasteiger partial charge in [-0.15, -0.1) is 0 Å². The largest absolute Gasteiger partial charge is 0.444 e. The molecular weight excluding hydrogens is 428 g/mol. The predicted octanol–water partition coefficient (Wildman–Crippen LogP) is 4.88. The van der Waals surface area contributed by atoms with Crippen LogP contribution in [0.2, 0.25) is 5.02 Å². The van der Waals surface area contributed by atoms with Gasteiger partial charge in [0, 0.05) is 37.1 Å². The zero-order chi connectivity index (χ0) is 22.9. The lowest BCUT2D eigenvalue weighted by Crippen LogP contribution is -2.41. The number of rotatable bonds is 3. The maximum atomic E-state index is 13.3. The van der Waals surface area contributed by atoms with E-state index in [4.69, 9.17) is 16.3 Å². The minimum atomic E-state index is -0.519. The van der Waals surface area contributed by atoms with Gasteiger partial charge in [0.2, 0.25) is 0 Å². The zero-order valence-electron chi connectivity index (χ0n) is 19.0. The summed E-state index contributed by atoms with van der Waals surface area (Å²) in [6, 6.07) is 7.51. The van der Waals surface area contributed by atoms with E-state index in [-0.39, 0.29) is 17.9 Å². The Morgan fingerprint density at radius 1 is 1.06 bits per heavy atom. The number of piperidine rings is 1. The van der Waals surface area contributed by atoms with Crippen molar-refractivity contribution in [3.05, 3.63) is 46.7 Å². The van der Waals surface area contributed by atoms with E-state index in [2.05, 4.69) is 5.10 Å². The van der Waals surface area contributed by atoms with E-state index in [1.807, 2.05) is 54.6 Å². The average Bonchev–Trinajstić information content (AvgIpc) is 3.42. The van der Waals surface area contributed by atoms with Crippen molar-refractivity contribution in [3.8, 4) is 5.69 Å². The highest BCUT2D eigenvalue weighted by molar-refractivity contribution is 6.30. The molecule has 2 aliphatic heterocycles. The normalized spacial score (nSPS) is 17.6. The van der Waals surface area contributed by atoms with Gasteiger partial charge >= 0.3 is 6.09 Å². The lowest BCUT2D eigenvalue weighted by molar-refractivity contribution is 0.0203. The molecule has 2 amide bonds. The fourth-order valence-electron chi connectivity index (χ4n) is 4.48. The predicted molar refractivity (Wildman–Crippen MR) is 123 cm³/mol. The van der Waals surface area contributed by atoms with Crippen LogP contribution in [0, 0.1) is 0 Å². The van der Waals surface area contributed by atoms with E-state index in [0.29, 0.717) is 23.7 Å². The number of carbonyl (C=O) groups excluding carboxylic acids is 2. The molecule has 8 heteroatoms. The van der Waals surface area contributed by atoms with Crippen molar-refractivity contribution < 1.29 is 14.3 Å². The van der Waals surface area contributed by atoms with Gasteiger partial charge < -0.3 is 14.5 Å². The van der Waals surface area contributed by atoms with Crippen LogP contribution in [-0.4, -0.2) is 63.4 Å². The Labute approximate surface area is 194 Å². The Bertz CT molecular complexity index is 983. The molecule has 0 radical (unpaired) electrons. The second-order valence-corrected chi connectivity index (χ2v) is 10.0. The molecule has 0 atom stereocenters. The van der Waals surface area contributed by atoms with E-state index >= 15 is 0 Å². The standard InChI is InChI=1S/C24H31ClN4O3/c1-24(2,3)32-23(31)28-13-9-17(10-14-28)21-20(22(30)27-11-4-5-12-27)16-26-29(21)19-8-6-7-18(25)15-19/h6-8,15-17H,4-5,9-14H2,1-3H3. The monoisotopic (exact) mass is 458 g/mol. The minimum absolute atomic E-state index is 0.0420. The molecule has 2 fully saturated rings. The highest BCUT2D eigenvalue weighted by Crippen LogP contribution is 2.34. The molecule has 0 saturated carbocycles. The van der Waals surface area contributed by atoms with Crippen LogP contribution in [0.25, 0.3) is 5.69 Å². The smallest absolute Gasteiger partial charge is 0.410 e. The van der Waals surface area contributed by atoms with E-state index in [9.17, 15) is 9.59 Å². The van der Waals surface area contributed by atoms with Crippen LogP contribution in [0.5, 0.6) is 0 Å². The van der Waals surface area contributed by atoms with Crippen LogP contribution in [0.3, 0.4) is 0 Å². The number of hydrogen-bond donors (Lipinski definition) is 0. The van der Waals surface area contributed by atoms with Gasteiger partial charge in [-0.05, 0) is 64.7 Å². The van der Waals surface area contributed by atoms with Gasteiger partial charge in [-0.25, -0.2) is 9.48 Å². The van der Waals surface area contributed by atoms with E-state index in [1.165, 1.54) is 0 Å². The van der Waals surface area contributed by atoms with Crippen LogP contribution < -0.4 is 0 Å². The van der Waals surface area contributed by atoms with Crippen molar-refractivity contribution >= 4 is 23.6 Å². The molecule has 0 spiro atoms. The molecule has 3 heterocycles. The number of ether oxygens (including phenoxy) is 1. The van der Waals surface area contributed by atoms with Gasteiger partial charge in [-0.3, -0.25) is 4.79 Å². The quantitative estimate of drug-likeness (QED) is 0.657. The number of halogens is 1. The number of benzene rings is 1. The Balaban J connectivity index is 1.61.